The zero-order valence-corrected chi connectivity index (χ0v) is 21.7. The molecule has 168 valence electrons. The molecule has 1 aliphatic carbocycles. The molecular weight excluding hydrogens is 525 g/mol. The van der Waals surface area contributed by atoms with Gasteiger partial charge in [-0.25, -0.2) is 0 Å². The maximum atomic E-state index is 6.59. The molecule has 1 aromatic heterocycles. The zero-order chi connectivity index (χ0) is 22.2. The second-order valence-corrected chi connectivity index (χ2v) is 11.0. The van der Waals surface area contributed by atoms with Crippen molar-refractivity contribution in [1.82, 2.24) is 15.2 Å². The molecule has 0 radical (unpaired) electrons. The van der Waals surface area contributed by atoms with Gasteiger partial charge in [-0.2, -0.15) is 0 Å². The molecule has 0 spiro atoms. The summed E-state index contributed by atoms with van der Waals surface area (Å²) in [6.45, 7) is 0.890. The molecule has 3 aromatic rings. The van der Waals surface area contributed by atoms with E-state index in [9.17, 15) is 0 Å². The summed E-state index contributed by atoms with van der Waals surface area (Å²) in [4.78, 5) is 6.08. The highest BCUT2D eigenvalue weighted by Crippen LogP contribution is 2.38. The Morgan fingerprint density at radius 2 is 1.94 bits per heavy atom. The molecule has 2 aromatic carbocycles. The Morgan fingerprint density at radius 1 is 1.12 bits per heavy atom. The lowest BCUT2D eigenvalue weighted by molar-refractivity contribution is 0.280. The lowest BCUT2D eigenvalue weighted by Gasteiger charge is -2.39. The van der Waals surface area contributed by atoms with Crippen LogP contribution in [-0.2, 0) is 12.8 Å². The molecule has 2 heterocycles. The van der Waals surface area contributed by atoms with Crippen molar-refractivity contribution in [3.63, 3.8) is 0 Å². The van der Waals surface area contributed by atoms with Gasteiger partial charge in [0.2, 0.25) is 0 Å². The molecule has 0 saturated heterocycles. The first-order valence-electron chi connectivity index (χ1n) is 11.3. The largest absolute Gasteiger partial charge is 0.360 e. The smallest absolute Gasteiger partial charge is 0.169 e. The Labute approximate surface area is 213 Å². The van der Waals surface area contributed by atoms with Crippen molar-refractivity contribution in [1.29, 1.82) is 0 Å². The fourth-order valence-electron chi connectivity index (χ4n) is 5.19. The monoisotopic (exact) mass is 549 g/mol. The van der Waals surface area contributed by atoms with E-state index in [0.29, 0.717) is 16.1 Å². The van der Waals surface area contributed by atoms with Crippen LogP contribution in [0, 0.1) is 0 Å². The number of H-pyrrole nitrogens is 1. The van der Waals surface area contributed by atoms with Gasteiger partial charge >= 0.3 is 0 Å². The maximum absolute atomic E-state index is 6.59. The van der Waals surface area contributed by atoms with E-state index in [0.717, 1.165) is 34.5 Å². The Morgan fingerprint density at radius 3 is 2.72 bits per heavy atom. The van der Waals surface area contributed by atoms with Crippen LogP contribution in [0.5, 0.6) is 0 Å². The van der Waals surface area contributed by atoms with Gasteiger partial charge in [-0.1, -0.05) is 64.5 Å². The van der Waals surface area contributed by atoms with Gasteiger partial charge in [0.15, 0.2) is 5.11 Å². The van der Waals surface area contributed by atoms with Gasteiger partial charge in [-0.05, 0) is 79.4 Å². The van der Waals surface area contributed by atoms with E-state index in [1.165, 1.54) is 54.3 Å². The molecular formula is C25H26BrCl2N3S. The van der Waals surface area contributed by atoms with Crippen LogP contribution < -0.4 is 5.32 Å². The molecule has 7 heteroatoms. The third-order valence-corrected chi connectivity index (χ3v) is 8.27. The summed E-state index contributed by atoms with van der Waals surface area (Å²) in [7, 11) is 0. The maximum Gasteiger partial charge on any atom is 0.169 e. The Balaban J connectivity index is 1.51. The van der Waals surface area contributed by atoms with Crippen LogP contribution in [-0.4, -0.2) is 27.6 Å². The van der Waals surface area contributed by atoms with Crippen molar-refractivity contribution in [2.45, 2.75) is 57.0 Å². The predicted molar refractivity (Wildman–Crippen MR) is 142 cm³/mol. The molecule has 2 aliphatic rings. The van der Waals surface area contributed by atoms with Crippen LogP contribution in [0.15, 0.2) is 40.9 Å². The number of benzene rings is 2. The molecule has 1 unspecified atom stereocenters. The molecule has 1 saturated carbocycles. The number of nitrogens with one attached hydrogen (secondary N) is 2. The Bertz CT molecular complexity index is 1160. The first-order valence-corrected chi connectivity index (χ1v) is 13.3. The molecule has 0 bridgehead atoms. The van der Waals surface area contributed by atoms with Crippen molar-refractivity contribution >= 4 is 67.4 Å². The number of thiocarbonyl (C=S) groups is 1. The summed E-state index contributed by atoms with van der Waals surface area (Å²) in [5.74, 6) is 0. The van der Waals surface area contributed by atoms with E-state index < -0.39 is 0 Å². The molecule has 3 nitrogen and oxygen atoms in total. The number of hydrogen-bond acceptors (Lipinski definition) is 1. The Hall–Kier alpha value is -1.27. The van der Waals surface area contributed by atoms with Gasteiger partial charge in [-0.3, -0.25) is 0 Å². The minimum atomic E-state index is 0.0900. The highest BCUT2D eigenvalue weighted by Gasteiger charge is 2.33. The summed E-state index contributed by atoms with van der Waals surface area (Å²) >= 11 is 22.4. The van der Waals surface area contributed by atoms with Gasteiger partial charge in [0.1, 0.15) is 0 Å². The van der Waals surface area contributed by atoms with Crippen molar-refractivity contribution < 1.29 is 0 Å². The van der Waals surface area contributed by atoms with Crippen LogP contribution in [0.1, 0.15) is 55.0 Å². The number of aromatic nitrogens is 1. The number of nitrogens with zero attached hydrogens (tertiary/aromatic N) is 1. The molecule has 1 aliphatic heterocycles. The molecule has 1 fully saturated rings. The average molecular weight is 551 g/mol. The summed E-state index contributed by atoms with van der Waals surface area (Å²) in [6, 6.07) is 12.8. The predicted octanol–water partition coefficient (Wildman–Crippen LogP) is 7.59. The molecule has 1 atom stereocenters. The van der Waals surface area contributed by atoms with Crippen LogP contribution in [0.3, 0.4) is 0 Å². The fourth-order valence-corrected chi connectivity index (χ4v) is 6.43. The zero-order valence-electron chi connectivity index (χ0n) is 17.8. The Kier molecular flexibility index (Phi) is 6.71. The summed E-state index contributed by atoms with van der Waals surface area (Å²) < 4.78 is 1.10. The van der Waals surface area contributed by atoms with E-state index in [2.05, 4.69) is 49.3 Å². The highest BCUT2D eigenvalue weighted by atomic mass is 79.9. The van der Waals surface area contributed by atoms with E-state index in [4.69, 9.17) is 35.4 Å². The molecule has 2 N–H and O–H groups in total. The minimum absolute atomic E-state index is 0.0900. The number of hydrogen-bond donors (Lipinski definition) is 2. The van der Waals surface area contributed by atoms with Crippen molar-refractivity contribution in [2.24, 2.45) is 0 Å². The lowest BCUT2D eigenvalue weighted by atomic mass is 9.92. The van der Waals surface area contributed by atoms with Gasteiger partial charge in [0.05, 0.1) is 6.04 Å². The minimum Gasteiger partial charge on any atom is -0.360 e. The van der Waals surface area contributed by atoms with Crippen LogP contribution in [0.25, 0.3) is 10.9 Å². The van der Waals surface area contributed by atoms with Gasteiger partial charge in [0, 0.05) is 43.7 Å². The highest BCUT2D eigenvalue weighted by molar-refractivity contribution is 9.10. The van der Waals surface area contributed by atoms with Crippen LogP contribution >= 0.6 is 51.3 Å². The third kappa shape index (κ3) is 4.54. The first kappa shape index (κ1) is 22.5. The van der Waals surface area contributed by atoms with Crippen molar-refractivity contribution in [3.05, 3.63) is 67.7 Å². The summed E-state index contributed by atoms with van der Waals surface area (Å²) in [6.07, 6.45) is 8.03. The van der Waals surface area contributed by atoms with Gasteiger partial charge in [0.25, 0.3) is 0 Å². The quantitative estimate of drug-likeness (QED) is 0.329. The number of fused-ring (bicyclic) bond motifs is 3. The van der Waals surface area contributed by atoms with Gasteiger partial charge in [-0.15, -0.1) is 0 Å². The normalized spacial score (nSPS) is 19.2. The number of aromatic amines is 1. The SMILES string of the molecule is S=C(NC1CCCCC1)N1CCc2c([nH]c3ccc(Br)cc23)C1Cc1ccc(Cl)cc1Cl. The fraction of sp³-hybridized carbons (Fsp3) is 0.400. The number of halogens is 3. The first-order chi connectivity index (χ1) is 15.5. The second-order valence-electron chi connectivity index (χ2n) is 8.89. The van der Waals surface area contributed by atoms with Crippen molar-refractivity contribution in [3.8, 4) is 0 Å². The van der Waals surface area contributed by atoms with E-state index in [-0.39, 0.29) is 6.04 Å². The van der Waals surface area contributed by atoms with Gasteiger partial charge < -0.3 is 15.2 Å². The summed E-state index contributed by atoms with van der Waals surface area (Å²) in [5.41, 5.74) is 4.87. The molecule has 5 rings (SSSR count). The van der Waals surface area contributed by atoms with Crippen molar-refractivity contribution in [2.75, 3.05) is 6.54 Å². The van der Waals surface area contributed by atoms with E-state index in [1.54, 1.807) is 0 Å². The van der Waals surface area contributed by atoms with Crippen LogP contribution in [0.4, 0.5) is 0 Å². The van der Waals surface area contributed by atoms with E-state index in [1.807, 2.05) is 18.2 Å². The van der Waals surface area contributed by atoms with Crippen LogP contribution in [0.2, 0.25) is 10.0 Å². The second kappa shape index (κ2) is 9.54. The third-order valence-electron chi connectivity index (χ3n) is 6.84. The molecule has 0 amide bonds. The topological polar surface area (TPSA) is 31.1 Å². The molecule has 32 heavy (non-hydrogen) atoms. The van der Waals surface area contributed by atoms with E-state index >= 15 is 0 Å². The lowest BCUT2D eigenvalue weighted by Crippen LogP contribution is -2.49. The average Bonchev–Trinajstić information content (AvgIpc) is 3.14. The number of rotatable bonds is 3. The standard InChI is InChI=1S/C25H26BrCl2N3S/c26-16-7-9-22-20(13-16)19-10-11-31(25(32)29-18-4-2-1-3-5-18)23(24(19)30-22)12-15-6-8-17(27)14-21(15)28/h6-9,13-14,18,23,30H,1-5,10-12H2,(H,29,32). The summed E-state index contributed by atoms with van der Waals surface area (Å²) in [5, 5.41) is 7.19.